The molecule has 0 aliphatic rings. The minimum atomic E-state index is -3.63. The number of nitrogens with one attached hydrogen (secondary N) is 1. The monoisotopic (exact) mass is 311 g/mol. The summed E-state index contributed by atoms with van der Waals surface area (Å²) < 4.78 is 41.9. The van der Waals surface area contributed by atoms with Crippen molar-refractivity contribution in [1.29, 1.82) is 0 Å². The van der Waals surface area contributed by atoms with Crippen molar-refractivity contribution in [2.75, 3.05) is 4.72 Å². The Morgan fingerprint density at radius 3 is 2.48 bits per heavy atom. The molecule has 21 heavy (non-hydrogen) atoms. The molecule has 0 saturated carbocycles. The number of anilines is 1. The van der Waals surface area contributed by atoms with Crippen LogP contribution in [0.25, 0.3) is 0 Å². The van der Waals surface area contributed by atoms with Gasteiger partial charge in [0.15, 0.2) is 0 Å². The van der Waals surface area contributed by atoms with Crippen molar-refractivity contribution in [1.82, 2.24) is 9.78 Å². The molecule has 0 amide bonds. The Bertz CT molecular complexity index is 782. The van der Waals surface area contributed by atoms with Gasteiger partial charge in [-0.15, -0.1) is 0 Å². The van der Waals surface area contributed by atoms with Gasteiger partial charge in [-0.2, -0.15) is 5.10 Å². The number of benzene rings is 1. The molecule has 0 saturated heterocycles. The summed E-state index contributed by atoms with van der Waals surface area (Å²) in [5, 5.41) is 4.16. The third-order valence-corrected chi connectivity index (χ3v) is 4.58. The molecular weight excluding hydrogens is 293 g/mol. The third kappa shape index (κ3) is 3.41. The van der Waals surface area contributed by atoms with Crippen molar-refractivity contribution in [3.63, 3.8) is 0 Å². The highest BCUT2D eigenvalue weighted by molar-refractivity contribution is 7.91. The van der Waals surface area contributed by atoms with Crippen molar-refractivity contribution < 1.29 is 12.8 Å². The molecule has 0 spiro atoms. The number of rotatable bonds is 4. The fourth-order valence-electron chi connectivity index (χ4n) is 2.04. The largest absolute Gasteiger partial charge is 0.267 e. The Morgan fingerprint density at radius 2 is 1.95 bits per heavy atom. The van der Waals surface area contributed by atoms with E-state index in [1.54, 1.807) is 33.0 Å². The van der Waals surface area contributed by atoms with E-state index in [1.165, 1.54) is 10.7 Å². The standard InChI is InChI=1S/C14H18FN3O2S/c1-9-5-6-12(7-13(9)15)8-21(19,20)17-14-10(2)11(3)16-18(14)4/h5-7,17H,8H2,1-4H3. The first-order chi connectivity index (χ1) is 9.69. The first-order valence-corrected chi connectivity index (χ1v) is 8.10. The minimum absolute atomic E-state index is 0.284. The quantitative estimate of drug-likeness (QED) is 0.943. The summed E-state index contributed by atoms with van der Waals surface area (Å²) in [5.74, 6) is -0.260. The predicted octanol–water partition coefficient (Wildman–Crippen LogP) is 2.43. The molecule has 1 heterocycles. The Morgan fingerprint density at radius 1 is 1.29 bits per heavy atom. The Labute approximate surface area is 123 Å². The van der Waals surface area contributed by atoms with Crippen LogP contribution < -0.4 is 4.72 Å². The van der Waals surface area contributed by atoms with Gasteiger partial charge in [0.25, 0.3) is 0 Å². The van der Waals surface area contributed by atoms with Crippen LogP contribution in [0.15, 0.2) is 18.2 Å². The summed E-state index contributed by atoms with van der Waals surface area (Å²) in [6, 6.07) is 4.43. The lowest BCUT2D eigenvalue weighted by atomic mass is 10.2. The summed E-state index contributed by atoms with van der Waals surface area (Å²) in [5.41, 5.74) is 2.43. The van der Waals surface area contributed by atoms with Crippen molar-refractivity contribution in [3.05, 3.63) is 46.4 Å². The highest BCUT2D eigenvalue weighted by Gasteiger charge is 2.17. The van der Waals surface area contributed by atoms with Crippen molar-refractivity contribution in [3.8, 4) is 0 Å². The predicted molar refractivity (Wildman–Crippen MR) is 80.1 cm³/mol. The van der Waals surface area contributed by atoms with Crippen LogP contribution in [-0.4, -0.2) is 18.2 Å². The van der Waals surface area contributed by atoms with Gasteiger partial charge in [0.1, 0.15) is 11.6 Å². The van der Waals surface area contributed by atoms with Gasteiger partial charge < -0.3 is 0 Å². The van der Waals surface area contributed by atoms with E-state index < -0.39 is 15.8 Å². The van der Waals surface area contributed by atoms with Gasteiger partial charge in [-0.25, -0.2) is 12.8 Å². The lowest BCUT2D eigenvalue weighted by Crippen LogP contribution is -2.18. The molecule has 0 atom stereocenters. The van der Waals surface area contributed by atoms with Gasteiger partial charge in [0, 0.05) is 12.6 Å². The highest BCUT2D eigenvalue weighted by Crippen LogP contribution is 2.20. The third-order valence-electron chi connectivity index (χ3n) is 3.37. The van der Waals surface area contributed by atoms with E-state index in [-0.39, 0.29) is 5.75 Å². The number of sulfonamides is 1. The van der Waals surface area contributed by atoms with Crippen LogP contribution in [0, 0.1) is 26.6 Å². The fraction of sp³-hybridized carbons (Fsp3) is 0.357. The first kappa shape index (κ1) is 15.5. The Hall–Kier alpha value is -1.89. The zero-order valence-electron chi connectivity index (χ0n) is 12.4. The molecular formula is C14H18FN3O2S. The maximum Gasteiger partial charge on any atom is 0.238 e. The molecule has 0 bridgehead atoms. The molecule has 7 heteroatoms. The molecule has 114 valence electrons. The van der Waals surface area contributed by atoms with Gasteiger partial charge >= 0.3 is 0 Å². The number of hydrogen-bond acceptors (Lipinski definition) is 3. The zero-order chi connectivity index (χ0) is 15.8. The molecule has 0 aliphatic carbocycles. The van der Waals surface area contributed by atoms with Gasteiger partial charge in [-0.3, -0.25) is 9.40 Å². The summed E-state index contributed by atoms with van der Waals surface area (Å²) >= 11 is 0. The van der Waals surface area contributed by atoms with Crippen LogP contribution in [0.5, 0.6) is 0 Å². The normalized spacial score (nSPS) is 11.7. The molecule has 0 aliphatic heterocycles. The zero-order valence-corrected chi connectivity index (χ0v) is 13.3. The Balaban J connectivity index is 2.24. The van der Waals surface area contributed by atoms with Crippen molar-refractivity contribution >= 4 is 15.8 Å². The minimum Gasteiger partial charge on any atom is -0.267 e. The van der Waals surface area contributed by atoms with Crippen molar-refractivity contribution in [2.45, 2.75) is 26.5 Å². The number of nitrogens with zero attached hydrogens (tertiary/aromatic N) is 2. The van der Waals surface area contributed by atoms with Crippen LogP contribution in [-0.2, 0) is 22.8 Å². The lowest BCUT2D eigenvalue weighted by Gasteiger charge is -2.10. The van der Waals surface area contributed by atoms with Crippen LogP contribution in [0.2, 0.25) is 0 Å². The van der Waals surface area contributed by atoms with E-state index in [0.717, 1.165) is 11.3 Å². The van der Waals surface area contributed by atoms with Crippen LogP contribution >= 0.6 is 0 Å². The molecule has 5 nitrogen and oxygen atoms in total. The second-order valence-corrected chi connectivity index (χ2v) is 6.85. The first-order valence-electron chi connectivity index (χ1n) is 6.45. The molecule has 1 aromatic heterocycles. The Kier molecular flexibility index (Phi) is 4.04. The maximum absolute atomic E-state index is 13.5. The summed E-state index contributed by atoms with van der Waals surface area (Å²) in [6.45, 7) is 5.24. The smallest absolute Gasteiger partial charge is 0.238 e. The number of hydrogen-bond donors (Lipinski definition) is 1. The van der Waals surface area contributed by atoms with E-state index in [1.807, 2.05) is 6.92 Å². The highest BCUT2D eigenvalue weighted by atomic mass is 32.2. The number of aromatic nitrogens is 2. The molecule has 0 unspecified atom stereocenters. The van der Waals surface area contributed by atoms with E-state index in [9.17, 15) is 12.8 Å². The van der Waals surface area contributed by atoms with Crippen LogP contribution in [0.4, 0.5) is 10.2 Å². The second-order valence-electron chi connectivity index (χ2n) is 5.13. The van der Waals surface area contributed by atoms with Gasteiger partial charge in [-0.05, 0) is 38.0 Å². The summed E-state index contributed by atoms with van der Waals surface area (Å²) in [7, 11) is -1.96. The average molecular weight is 311 g/mol. The van der Waals surface area contributed by atoms with E-state index in [2.05, 4.69) is 9.82 Å². The molecule has 1 N–H and O–H groups in total. The van der Waals surface area contributed by atoms with Gasteiger partial charge in [0.05, 0.1) is 11.4 Å². The lowest BCUT2D eigenvalue weighted by molar-refractivity contribution is 0.598. The fourth-order valence-corrected chi connectivity index (χ4v) is 3.31. The SMILES string of the molecule is Cc1ccc(CS(=O)(=O)Nc2c(C)c(C)nn2C)cc1F. The molecule has 1 aromatic carbocycles. The molecule has 0 radical (unpaired) electrons. The van der Waals surface area contributed by atoms with E-state index in [0.29, 0.717) is 16.9 Å². The molecule has 0 fully saturated rings. The van der Waals surface area contributed by atoms with Crippen LogP contribution in [0.3, 0.4) is 0 Å². The summed E-state index contributed by atoms with van der Waals surface area (Å²) in [4.78, 5) is 0. The molecule has 2 aromatic rings. The number of aryl methyl sites for hydroxylation is 3. The summed E-state index contributed by atoms with van der Waals surface area (Å²) in [6.07, 6.45) is 0. The van der Waals surface area contributed by atoms with Crippen molar-refractivity contribution in [2.24, 2.45) is 7.05 Å². The maximum atomic E-state index is 13.5. The van der Waals surface area contributed by atoms with E-state index >= 15 is 0 Å². The van der Waals surface area contributed by atoms with Gasteiger partial charge in [-0.1, -0.05) is 12.1 Å². The number of halogens is 1. The molecule has 2 rings (SSSR count). The van der Waals surface area contributed by atoms with Gasteiger partial charge in [0.2, 0.25) is 10.0 Å². The topological polar surface area (TPSA) is 64.0 Å². The second kappa shape index (κ2) is 5.48. The van der Waals surface area contributed by atoms with E-state index in [4.69, 9.17) is 0 Å². The average Bonchev–Trinajstić information content (AvgIpc) is 2.60. The van der Waals surface area contributed by atoms with Crippen LogP contribution in [0.1, 0.15) is 22.4 Å².